The van der Waals surface area contributed by atoms with Gasteiger partial charge in [0.25, 0.3) is 0 Å². The lowest BCUT2D eigenvalue weighted by Gasteiger charge is -2.20. The van der Waals surface area contributed by atoms with Crippen LogP contribution in [0.5, 0.6) is 0 Å². The van der Waals surface area contributed by atoms with Crippen LogP contribution in [0, 0.1) is 5.21 Å². The van der Waals surface area contributed by atoms with E-state index in [-0.39, 0.29) is 0 Å². The number of rotatable bonds is 7. The number of para-hydroxylation sites is 1. The molecule has 0 aliphatic rings. The van der Waals surface area contributed by atoms with Crippen LogP contribution in [-0.4, -0.2) is 24.0 Å². The van der Waals surface area contributed by atoms with Gasteiger partial charge in [-0.2, -0.15) is 4.74 Å². The summed E-state index contributed by atoms with van der Waals surface area (Å²) < 4.78 is 0.936. The van der Waals surface area contributed by atoms with E-state index in [1.54, 1.807) is 6.21 Å². The van der Waals surface area contributed by atoms with Crippen molar-refractivity contribution in [3.8, 4) is 0 Å². The van der Waals surface area contributed by atoms with Crippen LogP contribution in [-0.2, 0) is 6.42 Å². The first-order chi connectivity index (χ1) is 11.2. The summed E-state index contributed by atoms with van der Waals surface area (Å²) in [6.45, 7) is 9.97. The molecule has 3 heteroatoms. The highest BCUT2D eigenvalue weighted by Gasteiger charge is 2.08. The predicted octanol–water partition coefficient (Wildman–Crippen LogP) is 4.52. The normalized spacial score (nSPS) is 11.3. The maximum absolute atomic E-state index is 12.5. The third-order valence-electron chi connectivity index (χ3n) is 3.88. The maximum Gasteiger partial charge on any atom is 0.219 e. The lowest BCUT2D eigenvalue weighted by Crippen LogP contribution is -2.21. The third-order valence-corrected chi connectivity index (χ3v) is 3.88. The van der Waals surface area contributed by atoms with Gasteiger partial charge in [0.15, 0.2) is 6.21 Å². The Hall–Kier alpha value is -2.55. The first-order valence-electron chi connectivity index (χ1n) is 8.04. The van der Waals surface area contributed by atoms with E-state index in [4.69, 9.17) is 0 Å². The Kier molecular flexibility index (Phi) is 5.98. The van der Waals surface area contributed by atoms with Crippen LogP contribution in [0.3, 0.4) is 0 Å². The first kappa shape index (κ1) is 16.8. The summed E-state index contributed by atoms with van der Waals surface area (Å²) in [4.78, 5) is 2.28. The Morgan fingerprint density at radius 1 is 1.04 bits per heavy atom. The van der Waals surface area contributed by atoms with E-state index in [0.29, 0.717) is 12.1 Å². The van der Waals surface area contributed by atoms with Crippen molar-refractivity contribution in [2.75, 3.05) is 18.0 Å². The molecule has 0 N–H and O–H groups in total. The summed E-state index contributed by atoms with van der Waals surface area (Å²) >= 11 is 0. The summed E-state index contributed by atoms with van der Waals surface area (Å²) in [5, 5.41) is 12.5. The van der Waals surface area contributed by atoms with Crippen LogP contribution in [0.15, 0.2) is 61.2 Å². The van der Waals surface area contributed by atoms with Crippen molar-refractivity contribution in [1.82, 2.24) is 0 Å². The molecule has 0 atom stereocenters. The Bertz CT molecular complexity index is 670. The average Bonchev–Trinajstić information content (AvgIpc) is 2.58. The van der Waals surface area contributed by atoms with Gasteiger partial charge in [-0.15, -0.1) is 6.58 Å². The molecule has 0 saturated carbocycles. The van der Waals surface area contributed by atoms with E-state index in [9.17, 15) is 5.21 Å². The van der Waals surface area contributed by atoms with Crippen LogP contribution in [0.1, 0.15) is 25.0 Å². The van der Waals surface area contributed by atoms with E-state index in [1.807, 2.05) is 42.5 Å². The topological polar surface area (TPSA) is 29.3 Å². The van der Waals surface area contributed by atoms with Gasteiger partial charge in [0.05, 0.1) is 0 Å². The Labute approximate surface area is 138 Å². The molecule has 23 heavy (non-hydrogen) atoms. The number of anilines is 1. The highest BCUT2D eigenvalue weighted by atomic mass is 16.5. The molecule has 0 saturated heterocycles. The number of allylic oxidation sites excluding steroid dienone is 1. The molecule has 0 amide bonds. The van der Waals surface area contributed by atoms with Crippen molar-refractivity contribution in [3.63, 3.8) is 0 Å². The van der Waals surface area contributed by atoms with Gasteiger partial charge in [0, 0.05) is 36.0 Å². The molecule has 0 spiro atoms. The first-order valence-corrected chi connectivity index (χ1v) is 8.04. The van der Waals surface area contributed by atoms with Crippen molar-refractivity contribution < 1.29 is 4.74 Å². The molecule has 0 aliphatic carbocycles. The van der Waals surface area contributed by atoms with Crippen molar-refractivity contribution >= 4 is 17.6 Å². The Morgan fingerprint density at radius 3 is 2.30 bits per heavy atom. The second-order valence-electron chi connectivity index (χ2n) is 5.34. The fourth-order valence-corrected chi connectivity index (χ4v) is 2.62. The molecular formula is C20H24N2O. The molecule has 0 heterocycles. The van der Waals surface area contributed by atoms with Crippen LogP contribution in [0.4, 0.5) is 11.4 Å². The zero-order chi connectivity index (χ0) is 16.7. The van der Waals surface area contributed by atoms with E-state index in [0.717, 1.165) is 29.0 Å². The molecule has 0 aliphatic heterocycles. The Morgan fingerprint density at radius 2 is 1.70 bits per heavy atom. The van der Waals surface area contributed by atoms with Crippen molar-refractivity contribution in [2.45, 2.75) is 20.3 Å². The summed E-state index contributed by atoms with van der Waals surface area (Å²) in [6.07, 6.45) is 4.11. The van der Waals surface area contributed by atoms with Gasteiger partial charge in [-0.1, -0.05) is 24.3 Å². The smallest absolute Gasteiger partial charge is 0.219 e. The van der Waals surface area contributed by atoms with E-state index >= 15 is 0 Å². The van der Waals surface area contributed by atoms with Crippen LogP contribution in [0.2, 0.25) is 0 Å². The minimum Gasteiger partial charge on any atom is -0.618 e. The third kappa shape index (κ3) is 4.22. The Balaban J connectivity index is 2.26. The molecule has 120 valence electrons. The molecule has 0 fully saturated rings. The molecule has 2 rings (SSSR count). The summed E-state index contributed by atoms with van der Waals surface area (Å²) in [6, 6.07) is 15.7. The van der Waals surface area contributed by atoms with Crippen molar-refractivity contribution in [3.05, 3.63) is 77.5 Å². The van der Waals surface area contributed by atoms with Gasteiger partial charge >= 0.3 is 0 Å². The molecule has 3 nitrogen and oxygen atoms in total. The molecular weight excluding hydrogens is 284 g/mol. The number of benzene rings is 2. The predicted molar refractivity (Wildman–Crippen MR) is 98.8 cm³/mol. The van der Waals surface area contributed by atoms with Crippen molar-refractivity contribution in [2.24, 2.45) is 0 Å². The minimum absolute atomic E-state index is 0.667. The van der Waals surface area contributed by atoms with Crippen molar-refractivity contribution in [1.29, 1.82) is 0 Å². The second-order valence-corrected chi connectivity index (χ2v) is 5.34. The quantitative estimate of drug-likeness (QED) is 0.247. The molecule has 0 aromatic heterocycles. The molecule has 2 aromatic carbocycles. The zero-order valence-corrected chi connectivity index (χ0v) is 13.9. The van der Waals surface area contributed by atoms with Gasteiger partial charge in [0.2, 0.25) is 5.69 Å². The lowest BCUT2D eigenvalue weighted by atomic mass is 10.1. The van der Waals surface area contributed by atoms with Gasteiger partial charge in [-0.05, 0) is 44.5 Å². The van der Waals surface area contributed by atoms with Gasteiger partial charge in [-0.25, -0.2) is 0 Å². The number of hydrogen-bond donors (Lipinski definition) is 0. The van der Waals surface area contributed by atoms with Gasteiger partial charge < -0.3 is 10.1 Å². The minimum atomic E-state index is 0.667. The SMILES string of the molecule is C=CCc1ccccc1[N+]([O-])=Cc1ccc(N(CC)CC)cc1. The van der Waals surface area contributed by atoms with Gasteiger partial charge in [0.1, 0.15) is 0 Å². The summed E-state index contributed by atoms with van der Waals surface area (Å²) in [7, 11) is 0. The van der Waals surface area contributed by atoms with Crippen LogP contribution >= 0.6 is 0 Å². The largest absolute Gasteiger partial charge is 0.618 e. The fraction of sp³-hybridized carbons (Fsp3) is 0.250. The molecule has 0 unspecified atom stereocenters. The van der Waals surface area contributed by atoms with Gasteiger partial charge in [-0.3, -0.25) is 0 Å². The maximum atomic E-state index is 12.5. The van der Waals surface area contributed by atoms with Crippen LogP contribution < -0.4 is 4.90 Å². The summed E-state index contributed by atoms with van der Waals surface area (Å²) in [5.74, 6) is 0. The molecule has 2 aromatic rings. The van der Waals surface area contributed by atoms with E-state index in [2.05, 4.69) is 37.5 Å². The average molecular weight is 308 g/mol. The monoisotopic (exact) mass is 308 g/mol. The lowest BCUT2D eigenvalue weighted by molar-refractivity contribution is -0.355. The molecule has 0 bridgehead atoms. The zero-order valence-electron chi connectivity index (χ0n) is 13.9. The van der Waals surface area contributed by atoms with E-state index in [1.165, 1.54) is 5.69 Å². The van der Waals surface area contributed by atoms with Crippen LogP contribution in [0.25, 0.3) is 0 Å². The number of nitrogens with zero attached hydrogens (tertiary/aromatic N) is 2. The standard InChI is InChI=1S/C20H24N2O/c1-4-9-18-10-7-8-11-20(18)22(23)16-17-12-14-19(15-13-17)21(5-2)6-3/h4,7-8,10-16H,1,5-6,9H2,2-3H3. The summed E-state index contributed by atoms with van der Waals surface area (Å²) in [5.41, 5.74) is 3.72. The molecule has 0 radical (unpaired) electrons. The van der Waals surface area contributed by atoms with E-state index < -0.39 is 0 Å². The fourth-order valence-electron chi connectivity index (χ4n) is 2.62. The second kappa shape index (κ2) is 8.18. The highest BCUT2D eigenvalue weighted by molar-refractivity contribution is 5.77. The highest BCUT2D eigenvalue weighted by Crippen LogP contribution is 2.19. The number of hydrogen-bond acceptors (Lipinski definition) is 2.